The zero-order valence-electron chi connectivity index (χ0n) is 3.87. The lowest BCUT2D eigenvalue weighted by molar-refractivity contribution is 0.111. The lowest BCUT2D eigenvalue weighted by Crippen LogP contribution is -1.84. The summed E-state index contributed by atoms with van der Waals surface area (Å²) in [7, 11) is 0. The van der Waals surface area contributed by atoms with Gasteiger partial charge in [0.25, 0.3) is 0 Å². The highest BCUT2D eigenvalue weighted by molar-refractivity contribution is 7.09. The molecule has 2 N–H and O–H groups in total. The number of aromatic nitrogens is 2. The van der Waals surface area contributed by atoms with Crippen LogP contribution < -0.4 is 5.73 Å². The predicted octanol–water partition coefficient (Wildman–Crippen LogP) is -0.0672. The van der Waals surface area contributed by atoms with Gasteiger partial charge in [-0.1, -0.05) is 0 Å². The summed E-state index contributed by atoms with van der Waals surface area (Å²) in [5, 5.41) is 0.326. The minimum atomic E-state index is 0.160. The normalized spacial score (nSPS) is 9.00. The van der Waals surface area contributed by atoms with Crippen LogP contribution in [0, 0.1) is 0 Å². The molecule has 8 heavy (non-hydrogen) atoms. The minimum absolute atomic E-state index is 0.160. The van der Waals surface area contributed by atoms with E-state index in [9.17, 15) is 4.79 Å². The molecule has 0 saturated heterocycles. The first-order chi connectivity index (χ1) is 3.83. The lowest BCUT2D eigenvalue weighted by Gasteiger charge is -1.68. The third-order valence-corrected chi connectivity index (χ3v) is 1.12. The highest BCUT2D eigenvalue weighted by Gasteiger charge is 1.94. The van der Waals surface area contributed by atoms with Crippen molar-refractivity contribution in [2.75, 3.05) is 5.73 Å². The standard InChI is InChI=1S/C3H3N3OS/c4-3-5-2(1-7)6-8-3/h1H,(H2,4,5,6). The van der Waals surface area contributed by atoms with E-state index in [1.165, 1.54) is 0 Å². The van der Waals surface area contributed by atoms with Crippen molar-refractivity contribution in [2.45, 2.75) is 0 Å². The van der Waals surface area contributed by atoms with Gasteiger partial charge in [-0.2, -0.15) is 9.36 Å². The van der Waals surface area contributed by atoms with Gasteiger partial charge in [0.15, 0.2) is 11.4 Å². The molecule has 1 rings (SSSR count). The quantitative estimate of drug-likeness (QED) is 0.539. The summed E-state index contributed by atoms with van der Waals surface area (Å²) in [5.74, 6) is 0.160. The Hall–Kier alpha value is -0.970. The highest BCUT2D eigenvalue weighted by Crippen LogP contribution is 2.02. The molecule has 1 aromatic heterocycles. The number of rotatable bonds is 1. The fourth-order valence-electron chi connectivity index (χ4n) is 0.295. The Morgan fingerprint density at radius 2 is 2.50 bits per heavy atom. The Bertz CT molecular complexity index is 196. The first kappa shape index (κ1) is 5.17. The Labute approximate surface area is 49.5 Å². The van der Waals surface area contributed by atoms with E-state index in [2.05, 4.69) is 9.36 Å². The number of nitrogens with two attached hydrogens (primary N) is 1. The number of carbonyl (C=O) groups excluding carboxylic acids is 1. The average molecular weight is 129 g/mol. The Kier molecular flexibility index (Phi) is 1.21. The monoisotopic (exact) mass is 129 g/mol. The van der Waals surface area contributed by atoms with E-state index in [-0.39, 0.29) is 5.82 Å². The second-order valence-electron chi connectivity index (χ2n) is 1.11. The summed E-state index contributed by atoms with van der Waals surface area (Å²) in [6, 6.07) is 0. The van der Waals surface area contributed by atoms with E-state index in [0.717, 1.165) is 11.5 Å². The van der Waals surface area contributed by atoms with Crippen LogP contribution in [0.4, 0.5) is 5.13 Å². The van der Waals surface area contributed by atoms with Gasteiger partial charge in [-0.15, -0.1) is 0 Å². The van der Waals surface area contributed by atoms with Crippen LogP contribution in [0.3, 0.4) is 0 Å². The molecule has 0 atom stereocenters. The van der Waals surface area contributed by atoms with Crippen molar-refractivity contribution in [1.82, 2.24) is 9.36 Å². The highest BCUT2D eigenvalue weighted by atomic mass is 32.1. The van der Waals surface area contributed by atoms with Crippen LogP contribution in [0.5, 0.6) is 0 Å². The third kappa shape index (κ3) is 0.812. The number of nitrogen functional groups attached to an aromatic ring is 1. The largest absolute Gasteiger partial charge is 0.374 e. The molecule has 0 aromatic carbocycles. The molecule has 0 aliphatic heterocycles. The van der Waals surface area contributed by atoms with Gasteiger partial charge in [0.1, 0.15) is 0 Å². The molecule has 0 unspecified atom stereocenters. The molecule has 0 radical (unpaired) electrons. The van der Waals surface area contributed by atoms with Crippen molar-refractivity contribution >= 4 is 23.0 Å². The predicted molar refractivity (Wildman–Crippen MR) is 29.7 cm³/mol. The smallest absolute Gasteiger partial charge is 0.207 e. The Morgan fingerprint density at radius 1 is 1.75 bits per heavy atom. The van der Waals surface area contributed by atoms with Crippen molar-refractivity contribution in [3.8, 4) is 0 Å². The second kappa shape index (κ2) is 1.87. The van der Waals surface area contributed by atoms with Gasteiger partial charge in [-0.25, -0.2) is 0 Å². The van der Waals surface area contributed by atoms with E-state index < -0.39 is 0 Å². The Balaban J connectivity index is 3.00. The van der Waals surface area contributed by atoms with Crippen LogP contribution in [0.1, 0.15) is 10.6 Å². The maximum absolute atomic E-state index is 9.85. The Morgan fingerprint density at radius 3 is 2.75 bits per heavy atom. The van der Waals surface area contributed by atoms with Crippen molar-refractivity contribution in [3.05, 3.63) is 5.82 Å². The van der Waals surface area contributed by atoms with Crippen LogP contribution in [-0.4, -0.2) is 15.6 Å². The fourth-order valence-corrected chi connectivity index (χ4v) is 0.700. The molecule has 0 saturated carbocycles. The summed E-state index contributed by atoms with van der Waals surface area (Å²) in [4.78, 5) is 13.4. The molecule has 0 spiro atoms. The first-order valence-electron chi connectivity index (χ1n) is 1.87. The number of hydrogen-bond acceptors (Lipinski definition) is 5. The number of anilines is 1. The van der Waals surface area contributed by atoms with Crippen LogP contribution in [0.2, 0.25) is 0 Å². The fraction of sp³-hybridized carbons (Fsp3) is 0. The van der Waals surface area contributed by atoms with Gasteiger partial charge in [-0.3, -0.25) is 4.79 Å². The maximum Gasteiger partial charge on any atom is 0.207 e. The van der Waals surface area contributed by atoms with Gasteiger partial charge in [0.2, 0.25) is 5.82 Å². The van der Waals surface area contributed by atoms with Crippen molar-refractivity contribution in [1.29, 1.82) is 0 Å². The molecular weight excluding hydrogens is 126 g/mol. The number of aldehydes is 1. The molecule has 0 bridgehead atoms. The minimum Gasteiger partial charge on any atom is -0.374 e. The molecule has 0 aliphatic carbocycles. The summed E-state index contributed by atoms with van der Waals surface area (Å²) in [6.07, 6.45) is 0.562. The topological polar surface area (TPSA) is 68.9 Å². The maximum atomic E-state index is 9.85. The zero-order valence-corrected chi connectivity index (χ0v) is 4.68. The van der Waals surface area contributed by atoms with Crippen molar-refractivity contribution in [2.24, 2.45) is 0 Å². The zero-order chi connectivity index (χ0) is 5.98. The van der Waals surface area contributed by atoms with E-state index in [4.69, 9.17) is 5.73 Å². The van der Waals surface area contributed by atoms with Crippen LogP contribution in [0.25, 0.3) is 0 Å². The molecule has 42 valence electrons. The van der Waals surface area contributed by atoms with Gasteiger partial charge in [-0.05, 0) is 0 Å². The van der Waals surface area contributed by atoms with Crippen molar-refractivity contribution in [3.63, 3.8) is 0 Å². The van der Waals surface area contributed by atoms with Crippen LogP contribution in [0.15, 0.2) is 0 Å². The number of nitrogens with zero attached hydrogens (tertiary/aromatic N) is 2. The average Bonchev–Trinajstić information content (AvgIpc) is 2.14. The third-order valence-electron chi connectivity index (χ3n) is 0.563. The second-order valence-corrected chi connectivity index (χ2v) is 1.89. The van der Waals surface area contributed by atoms with Gasteiger partial charge in [0.05, 0.1) is 0 Å². The number of carbonyl (C=O) groups is 1. The van der Waals surface area contributed by atoms with Crippen LogP contribution >= 0.6 is 11.5 Å². The molecule has 0 fully saturated rings. The van der Waals surface area contributed by atoms with E-state index in [1.807, 2.05) is 0 Å². The molecule has 5 heteroatoms. The SMILES string of the molecule is Nc1nc(C=O)ns1. The van der Waals surface area contributed by atoms with Gasteiger partial charge >= 0.3 is 0 Å². The lowest BCUT2D eigenvalue weighted by atomic mass is 10.7. The van der Waals surface area contributed by atoms with E-state index >= 15 is 0 Å². The molecule has 1 aromatic rings. The summed E-state index contributed by atoms with van der Waals surface area (Å²) in [6.45, 7) is 0. The van der Waals surface area contributed by atoms with E-state index in [1.54, 1.807) is 0 Å². The summed E-state index contributed by atoms with van der Waals surface area (Å²) in [5.41, 5.74) is 5.14. The first-order valence-corrected chi connectivity index (χ1v) is 2.64. The van der Waals surface area contributed by atoms with E-state index in [0.29, 0.717) is 11.4 Å². The molecule has 0 amide bonds. The molecule has 4 nitrogen and oxygen atoms in total. The molecular formula is C3H3N3OS. The summed E-state index contributed by atoms with van der Waals surface area (Å²) < 4.78 is 3.57. The van der Waals surface area contributed by atoms with Crippen LogP contribution in [-0.2, 0) is 0 Å². The van der Waals surface area contributed by atoms with Gasteiger partial charge < -0.3 is 5.73 Å². The summed E-state index contributed by atoms with van der Waals surface area (Å²) >= 11 is 1.01. The molecule has 0 aliphatic rings. The number of hydrogen-bond donors (Lipinski definition) is 1. The van der Waals surface area contributed by atoms with Crippen molar-refractivity contribution < 1.29 is 4.79 Å². The molecule has 1 heterocycles. The van der Waals surface area contributed by atoms with Gasteiger partial charge in [0, 0.05) is 11.5 Å².